The van der Waals surface area contributed by atoms with E-state index in [4.69, 9.17) is 4.74 Å². The SMILES string of the molecule is C[C@]12CC[C@@H]3c4ccc(OCc5ccccc5)cc4CC[C@H]3[C@@H]1CC[C@@]2(O)c1cn[nH]n1. The summed E-state index contributed by atoms with van der Waals surface area (Å²) < 4.78 is 6.10. The summed E-state index contributed by atoms with van der Waals surface area (Å²) in [7, 11) is 0. The first kappa shape index (κ1) is 20.0. The average Bonchev–Trinajstić information content (AvgIpc) is 3.46. The van der Waals surface area contributed by atoms with Gasteiger partial charge < -0.3 is 9.84 Å². The molecule has 1 heterocycles. The summed E-state index contributed by atoms with van der Waals surface area (Å²) in [5.74, 6) is 2.69. The van der Waals surface area contributed by atoms with Crippen LogP contribution >= 0.6 is 0 Å². The van der Waals surface area contributed by atoms with Crippen LogP contribution in [0.1, 0.15) is 67.3 Å². The molecule has 0 aliphatic heterocycles. The van der Waals surface area contributed by atoms with E-state index in [0.29, 0.717) is 24.4 Å². The Balaban J connectivity index is 1.23. The van der Waals surface area contributed by atoms with Crippen molar-refractivity contribution in [2.45, 2.75) is 63.6 Å². The van der Waals surface area contributed by atoms with Crippen molar-refractivity contribution < 1.29 is 9.84 Å². The summed E-state index contributed by atoms with van der Waals surface area (Å²) in [6, 6.07) is 17.1. The van der Waals surface area contributed by atoms with E-state index in [-0.39, 0.29) is 5.41 Å². The maximum absolute atomic E-state index is 11.7. The number of aryl methyl sites for hydroxylation is 1. The van der Waals surface area contributed by atoms with Crippen LogP contribution in [0.15, 0.2) is 54.7 Å². The molecular formula is C27H31N3O2. The fourth-order valence-electron chi connectivity index (χ4n) is 7.23. The van der Waals surface area contributed by atoms with Gasteiger partial charge in [-0.25, -0.2) is 0 Å². The first-order valence-electron chi connectivity index (χ1n) is 12.0. The third-order valence-corrected chi connectivity index (χ3v) is 8.94. The fraction of sp³-hybridized carbons (Fsp3) is 0.481. The Kier molecular flexibility index (Phi) is 4.65. The molecule has 3 aromatic rings. The molecule has 1 aromatic heterocycles. The monoisotopic (exact) mass is 429 g/mol. The number of nitrogens with zero attached hydrogens (tertiary/aromatic N) is 2. The Bertz CT molecular complexity index is 1100. The third-order valence-electron chi connectivity index (χ3n) is 8.94. The lowest BCUT2D eigenvalue weighted by molar-refractivity contribution is -0.111. The topological polar surface area (TPSA) is 71.0 Å². The van der Waals surface area contributed by atoms with Crippen molar-refractivity contribution in [2.75, 3.05) is 0 Å². The molecule has 3 aliphatic rings. The van der Waals surface area contributed by atoms with Gasteiger partial charge in [0.15, 0.2) is 0 Å². The van der Waals surface area contributed by atoms with Gasteiger partial charge in [0.25, 0.3) is 0 Å². The van der Waals surface area contributed by atoms with Crippen LogP contribution in [0.3, 0.4) is 0 Å². The number of aromatic amines is 1. The third kappa shape index (κ3) is 2.94. The molecule has 0 radical (unpaired) electrons. The molecule has 5 nitrogen and oxygen atoms in total. The van der Waals surface area contributed by atoms with Crippen molar-refractivity contribution in [3.8, 4) is 5.75 Å². The Morgan fingerprint density at radius 2 is 1.97 bits per heavy atom. The first-order valence-corrected chi connectivity index (χ1v) is 12.0. The lowest BCUT2D eigenvalue weighted by Gasteiger charge is -2.52. The highest BCUT2D eigenvalue weighted by molar-refractivity contribution is 5.41. The number of hydrogen-bond donors (Lipinski definition) is 2. The van der Waals surface area contributed by atoms with E-state index in [1.165, 1.54) is 23.1 Å². The van der Waals surface area contributed by atoms with Gasteiger partial charge in [-0.2, -0.15) is 15.4 Å². The molecule has 0 saturated heterocycles. The second-order valence-corrected chi connectivity index (χ2v) is 10.3. The molecule has 5 atom stereocenters. The largest absolute Gasteiger partial charge is 0.489 e. The van der Waals surface area contributed by atoms with Crippen LogP contribution in [-0.2, 0) is 18.6 Å². The summed E-state index contributed by atoms with van der Waals surface area (Å²) in [6.45, 7) is 2.90. The van der Waals surface area contributed by atoms with E-state index in [1.807, 2.05) is 6.07 Å². The molecule has 2 saturated carbocycles. The van der Waals surface area contributed by atoms with Gasteiger partial charge in [0, 0.05) is 5.41 Å². The number of benzene rings is 2. The highest BCUT2D eigenvalue weighted by atomic mass is 16.5. The number of nitrogens with one attached hydrogen (secondary N) is 1. The summed E-state index contributed by atoms with van der Waals surface area (Å²) in [5.41, 5.74) is 3.86. The molecule has 0 bridgehead atoms. The molecule has 0 spiro atoms. The first-order chi connectivity index (χ1) is 15.6. The zero-order chi connectivity index (χ0) is 21.8. The van der Waals surface area contributed by atoms with E-state index < -0.39 is 5.60 Å². The van der Waals surface area contributed by atoms with Gasteiger partial charge in [-0.15, -0.1) is 0 Å². The zero-order valence-electron chi connectivity index (χ0n) is 18.6. The fourth-order valence-corrected chi connectivity index (χ4v) is 7.23. The summed E-state index contributed by atoms with van der Waals surface area (Å²) >= 11 is 0. The van der Waals surface area contributed by atoms with Crippen molar-refractivity contribution in [3.05, 3.63) is 77.1 Å². The van der Waals surface area contributed by atoms with Crippen LogP contribution in [0.25, 0.3) is 0 Å². The van der Waals surface area contributed by atoms with Crippen LogP contribution in [0.2, 0.25) is 0 Å². The molecular weight excluding hydrogens is 398 g/mol. The van der Waals surface area contributed by atoms with E-state index in [2.05, 4.69) is 64.8 Å². The molecule has 6 rings (SSSR count). The molecule has 3 aliphatic carbocycles. The number of aliphatic hydroxyl groups is 1. The van der Waals surface area contributed by atoms with Crippen molar-refractivity contribution in [2.24, 2.45) is 17.3 Å². The van der Waals surface area contributed by atoms with Gasteiger partial charge in [-0.05, 0) is 85.1 Å². The zero-order valence-corrected chi connectivity index (χ0v) is 18.6. The van der Waals surface area contributed by atoms with E-state index in [9.17, 15) is 5.11 Å². The summed E-state index contributed by atoms with van der Waals surface area (Å²) in [4.78, 5) is 0. The van der Waals surface area contributed by atoms with Gasteiger partial charge in [0.05, 0.1) is 6.20 Å². The van der Waals surface area contributed by atoms with Crippen LogP contribution in [0.4, 0.5) is 0 Å². The molecule has 2 N–H and O–H groups in total. The smallest absolute Gasteiger partial charge is 0.120 e. The normalized spacial score (nSPS) is 33.2. The van der Waals surface area contributed by atoms with Gasteiger partial charge in [-0.1, -0.05) is 43.3 Å². The Hall–Kier alpha value is -2.66. The highest BCUT2D eigenvalue weighted by Crippen LogP contribution is 2.66. The van der Waals surface area contributed by atoms with Gasteiger partial charge >= 0.3 is 0 Å². The lowest BCUT2D eigenvalue weighted by Crippen LogP contribution is -2.49. The molecule has 166 valence electrons. The van der Waals surface area contributed by atoms with Gasteiger partial charge in [0.1, 0.15) is 23.7 Å². The van der Waals surface area contributed by atoms with E-state index >= 15 is 0 Å². The molecule has 32 heavy (non-hydrogen) atoms. The molecule has 2 fully saturated rings. The minimum Gasteiger partial charge on any atom is -0.489 e. The minimum absolute atomic E-state index is 0.138. The molecule has 0 amide bonds. The van der Waals surface area contributed by atoms with Crippen LogP contribution in [0, 0.1) is 17.3 Å². The summed E-state index contributed by atoms with van der Waals surface area (Å²) in [6.07, 6.45) is 7.98. The Morgan fingerprint density at radius 1 is 1.09 bits per heavy atom. The number of aromatic nitrogens is 3. The molecule has 0 unspecified atom stereocenters. The minimum atomic E-state index is -0.870. The maximum atomic E-state index is 11.7. The maximum Gasteiger partial charge on any atom is 0.120 e. The summed E-state index contributed by atoms with van der Waals surface area (Å²) in [5, 5.41) is 22.7. The van der Waals surface area contributed by atoms with E-state index in [0.717, 1.165) is 43.5 Å². The Labute approximate surface area is 189 Å². The van der Waals surface area contributed by atoms with Crippen molar-refractivity contribution in [1.82, 2.24) is 15.4 Å². The highest BCUT2D eigenvalue weighted by Gasteiger charge is 2.63. The number of rotatable bonds is 4. The second kappa shape index (κ2) is 7.45. The van der Waals surface area contributed by atoms with Crippen LogP contribution < -0.4 is 4.74 Å². The number of H-pyrrole nitrogens is 1. The van der Waals surface area contributed by atoms with Crippen LogP contribution in [-0.4, -0.2) is 20.5 Å². The predicted octanol–water partition coefficient (Wildman–Crippen LogP) is 5.13. The predicted molar refractivity (Wildman–Crippen MR) is 122 cm³/mol. The molecule has 5 heteroatoms. The van der Waals surface area contributed by atoms with Crippen LogP contribution in [0.5, 0.6) is 5.75 Å². The standard InChI is InChI=1S/C27H31N3O2/c1-26-13-11-22-21-10-8-20(32-17-18-5-3-2-4-6-18)15-19(21)7-9-23(22)24(26)12-14-27(26,31)25-16-28-30-29-25/h2-6,8,10,15-16,22-24,31H,7,9,11-14,17H2,1H3,(H,28,29,30)/t22-,23-,24+,26+,27-/m1/s1. The van der Waals surface area contributed by atoms with Gasteiger partial charge in [-0.3, -0.25) is 0 Å². The van der Waals surface area contributed by atoms with Crippen molar-refractivity contribution >= 4 is 0 Å². The number of hydrogen-bond acceptors (Lipinski definition) is 4. The molecule has 2 aromatic carbocycles. The van der Waals surface area contributed by atoms with Crippen molar-refractivity contribution in [3.63, 3.8) is 0 Å². The second-order valence-electron chi connectivity index (χ2n) is 10.3. The average molecular weight is 430 g/mol. The van der Waals surface area contributed by atoms with Gasteiger partial charge in [0.2, 0.25) is 0 Å². The quantitative estimate of drug-likeness (QED) is 0.603. The lowest BCUT2D eigenvalue weighted by atomic mass is 9.53. The number of fused-ring (bicyclic) bond motifs is 5. The number of ether oxygens (including phenoxy) is 1. The van der Waals surface area contributed by atoms with E-state index in [1.54, 1.807) is 6.20 Å². The Morgan fingerprint density at radius 3 is 2.78 bits per heavy atom. The van der Waals surface area contributed by atoms with Crippen molar-refractivity contribution in [1.29, 1.82) is 0 Å².